The van der Waals surface area contributed by atoms with Crippen molar-refractivity contribution < 1.29 is 28.6 Å². The lowest BCUT2D eigenvalue weighted by Crippen LogP contribution is -2.57. The summed E-state index contributed by atoms with van der Waals surface area (Å²) in [6.45, 7) is 5.99. The van der Waals surface area contributed by atoms with Gasteiger partial charge in [-0.05, 0) is 58.7 Å². The predicted molar refractivity (Wildman–Crippen MR) is 145 cm³/mol. The Kier molecular flexibility index (Phi) is 8.11. The normalized spacial score (nSPS) is 25.9. The summed E-state index contributed by atoms with van der Waals surface area (Å²) in [5.74, 6) is -0.906. The maximum Gasteiger partial charge on any atom is 0.407 e. The number of nitrogens with one attached hydrogen (secondary N) is 1. The van der Waals surface area contributed by atoms with E-state index in [1.165, 1.54) is 12.0 Å². The second-order valence-corrected chi connectivity index (χ2v) is 11.2. The molecule has 4 rings (SSSR count). The van der Waals surface area contributed by atoms with E-state index in [-0.39, 0.29) is 25.5 Å². The predicted octanol–water partition coefficient (Wildman–Crippen LogP) is 4.79. The molecule has 38 heavy (non-hydrogen) atoms. The molecule has 8 heteroatoms. The lowest BCUT2D eigenvalue weighted by molar-refractivity contribution is -0.152. The van der Waals surface area contributed by atoms with E-state index in [1.54, 1.807) is 7.11 Å². The monoisotopic (exact) mass is 522 g/mol. The van der Waals surface area contributed by atoms with Gasteiger partial charge in [-0.1, -0.05) is 57.2 Å². The van der Waals surface area contributed by atoms with Crippen LogP contribution >= 0.6 is 0 Å². The fourth-order valence-corrected chi connectivity index (χ4v) is 5.38. The average Bonchev–Trinajstić information content (AvgIpc) is 3.30. The molecular formula is C30H38N2O6. The third-order valence-corrected chi connectivity index (χ3v) is 7.56. The quantitative estimate of drug-likeness (QED) is 0.570. The lowest BCUT2D eigenvalue weighted by Gasteiger charge is -2.35. The Hall–Kier alpha value is -3.39. The van der Waals surface area contributed by atoms with Crippen molar-refractivity contribution in [2.75, 3.05) is 27.4 Å². The number of allylic oxidation sites excluding steroid dienone is 1. The van der Waals surface area contributed by atoms with Gasteiger partial charge in [0.05, 0.1) is 20.3 Å². The Morgan fingerprint density at radius 3 is 2.61 bits per heavy atom. The molecule has 0 aliphatic carbocycles. The van der Waals surface area contributed by atoms with Crippen molar-refractivity contribution in [3.8, 4) is 0 Å². The van der Waals surface area contributed by atoms with Crippen LogP contribution < -0.4 is 5.32 Å². The van der Waals surface area contributed by atoms with Crippen LogP contribution in [-0.2, 0) is 29.4 Å². The van der Waals surface area contributed by atoms with Gasteiger partial charge in [-0.2, -0.15) is 0 Å². The number of esters is 1. The van der Waals surface area contributed by atoms with Crippen LogP contribution in [0, 0.1) is 5.41 Å². The molecule has 1 N–H and O–H groups in total. The number of methoxy groups -OCH3 is 2. The standard InChI is InChI=1S/C30H38N2O6/c1-29(2,3)25-26(33)32-19-30(37-5,18-24(32)27(34)36-4)22-16-20(23-14-10-9-13-21(23)17-22)12-8-6-7-11-15-38-28(35)31-25/h8-10,12-14,16-17,24-25H,6-7,11,15,18-19H2,1-5H3,(H,31,35)/b12-8+/t24-,25+,30-/m0/s1. The fraction of sp³-hybridized carbons (Fsp3) is 0.500. The van der Waals surface area contributed by atoms with Gasteiger partial charge in [-0.3, -0.25) is 4.79 Å². The molecule has 2 aromatic carbocycles. The summed E-state index contributed by atoms with van der Waals surface area (Å²) in [5.41, 5.74) is 0.334. The minimum atomic E-state index is -0.946. The van der Waals surface area contributed by atoms with Crippen LogP contribution in [0.1, 0.15) is 57.6 Å². The summed E-state index contributed by atoms with van der Waals surface area (Å²) in [6, 6.07) is 10.5. The number of carbonyl (C=O) groups excluding carboxylic acids is 3. The van der Waals surface area contributed by atoms with Gasteiger partial charge in [-0.15, -0.1) is 0 Å². The van der Waals surface area contributed by atoms with Crippen LogP contribution in [0.3, 0.4) is 0 Å². The molecule has 0 unspecified atom stereocenters. The van der Waals surface area contributed by atoms with Gasteiger partial charge < -0.3 is 24.4 Å². The van der Waals surface area contributed by atoms with Crippen LogP contribution in [0.2, 0.25) is 0 Å². The Morgan fingerprint density at radius 1 is 1.13 bits per heavy atom. The van der Waals surface area contributed by atoms with Crippen molar-refractivity contribution in [3.63, 3.8) is 0 Å². The van der Waals surface area contributed by atoms with E-state index in [9.17, 15) is 14.4 Å². The molecular weight excluding hydrogens is 484 g/mol. The molecule has 1 saturated heterocycles. The van der Waals surface area contributed by atoms with Crippen molar-refractivity contribution >= 4 is 34.8 Å². The number of hydrogen-bond donors (Lipinski definition) is 1. The molecule has 0 saturated carbocycles. The van der Waals surface area contributed by atoms with Crippen molar-refractivity contribution in [3.05, 3.63) is 53.6 Å². The first kappa shape index (κ1) is 27.6. The molecule has 2 aliphatic heterocycles. The maximum absolute atomic E-state index is 14.1. The molecule has 0 aromatic heterocycles. The average molecular weight is 523 g/mol. The molecule has 3 atom stereocenters. The number of nitrogens with zero attached hydrogens (tertiary/aromatic N) is 1. The fourth-order valence-electron chi connectivity index (χ4n) is 5.38. The first-order valence-corrected chi connectivity index (χ1v) is 13.2. The Bertz CT molecular complexity index is 1230. The summed E-state index contributed by atoms with van der Waals surface area (Å²) in [7, 11) is 2.92. The van der Waals surface area contributed by atoms with Crippen LogP contribution in [0.15, 0.2) is 42.5 Å². The van der Waals surface area contributed by atoms with Crippen LogP contribution in [0.4, 0.5) is 4.79 Å². The number of amides is 2. The van der Waals surface area contributed by atoms with Gasteiger partial charge in [0, 0.05) is 13.5 Å². The van der Waals surface area contributed by atoms with Gasteiger partial charge in [0.15, 0.2) is 0 Å². The van der Waals surface area contributed by atoms with Crippen molar-refractivity contribution in [2.45, 2.75) is 64.1 Å². The molecule has 4 bridgehead atoms. The number of ether oxygens (including phenoxy) is 3. The van der Waals surface area contributed by atoms with E-state index in [0.717, 1.165) is 34.7 Å². The van der Waals surface area contributed by atoms with Gasteiger partial charge >= 0.3 is 12.1 Å². The van der Waals surface area contributed by atoms with Crippen molar-refractivity contribution in [1.29, 1.82) is 0 Å². The second kappa shape index (κ2) is 11.2. The summed E-state index contributed by atoms with van der Waals surface area (Å²) in [4.78, 5) is 41.2. The lowest BCUT2D eigenvalue weighted by atomic mass is 9.85. The molecule has 0 radical (unpaired) electrons. The zero-order valence-corrected chi connectivity index (χ0v) is 22.9. The van der Waals surface area contributed by atoms with Gasteiger partial charge in [0.25, 0.3) is 0 Å². The Labute approximate surface area is 224 Å². The number of cyclic esters (lactones) is 1. The van der Waals surface area contributed by atoms with Crippen LogP contribution in [0.5, 0.6) is 0 Å². The van der Waals surface area contributed by atoms with E-state index in [1.807, 2.05) is 32.9 Å². The number of alkyl carbamates (subject to hydrolysis) is 1. The highest BCUT2D eigenvalue weighted by molar-refractivity contribution is 5.93. The SMILES string of the molecule is COC(=O)[C@@H]1C[C@]2(OC)CN1C(=O)[C@H](C(C)(C)C)NC(=O)OCCCC/C=C/c1cc2cc2ccccc12. The number of rotatable bonds is 2. The summed E-state index contributed by atoms with van der Waals surface area (Å²) in [6.07, 6.45) is 6.20. The summed E-state index contributed by atoms with van der Waals surface area (Å²) < 4.78 is 16.7. The number of benzene rings is 2. The molecule has 2 amide bonds. The zero-order chi connectivity index (χ0) is 27.5. The Balaban J connectivity index is 1.87. The third-order valence-electron chi connectivity index (χ3n) is 7.56. The first-order chi connectivity index (χ1) is 18.1. The third kappa shape index (κ3) is 5.55. The number of hydrogen-bond acceptors (Lipinski definition) is 6. The summed E-state index contributed by atoms with van der Waals surface area (Å²) in [5, 5.41) is 4.92. The minimum Gasteiger partial charge on any atom is -0.467 e. The van der Waals surface area contributed by atoms with Crippen molar-refractivity contribution in [1.82, 2.24) is 10.2 Å². The van der Waals surface area contributed by atoms with Gasteiger partial charge in [-0.25, -0.2) is 9.59 Å². The minimum absolute atomic E-state index is 0.132. The van der Waals surface area contributed by atoms with Gasteiger partial charge in [0.1, 0.15) is 17.7 Å². The molecule has 2 aliphatic rings. The van der Waals surface area contributed by atoms with Crippen LogP contribution in [0.25, 0.3) is 16.8 Å². The number of carbonyl (C=O) groups is 3. The van der Waals surface area contributed by atoms with E-state index in [2.05, 4.69) is 41.7 Å². The molecule has 204 valence electrons. The largest absolute Gasteiger partial charge is 0.467 e. The molecule has 2 aromatic rings. The molecule has 8 nitrogen and oxygen atoms in total. The Morgan fingerprint density at radius 2 is 1.89 bits per heavy atom. The molecule has 0 spiro atoms. The van der Waals surface area contributed by atoms with E-state index < -0.39 is 35.2 Å². The van der Waals surface area contributed by atoms with E-state index in [0.29, 0.717) is 6.42 Å². The smallest absolute Gasteiger partial charge is 0.407 e. The van der Waals surface area contributed by atoms with E-state index >= 15 is 0 Å². The maximum atomic E-state index is 14.1. The first-order valence-electron chi connectivity index (χ1n) is 13.2. The van der Waals surface area contributed by atoms with Crippen molar-refractivity contribution in [2.24, 2.45) is 5.41 Å². The summed E-state index contributed by atoms with van der Waals surface area (Å²) >= 11 is 0. The molecule has 1 fully saturated rings. The number of fused-ring (bicyclic) bond motifs is 7. The topological polar surface area (TPSA) is 94.2 Å². The van der Waals surface area contributed by atoms with Crippen LogP contribution in [-0.4, -0.2) is 62.3 Å². The van der Waals surface area contributed by atoms with E-state index in [4.69, 9.17) is 14.2 Å². The zero-order valence-electron chi connectivity index (χ0n) is 22.9. The highest BCUT2D eigenvalue weighted by atomic mass is 16.5. The van der Waals surface area contributed by atoms with Gasteiger partial charge in [0.2, 0.25) is 5.91 Å². The second-order valence-electron chi connectivity index (χ2n) is 11.2. The molecule has 2 heterocycles. The highest BCUT2D eigenvalue weighted by Crippen LogP contribution is 2.42. The highest BCUT2D eigenvalue weighted by Gasteiger charge is 2.53.